The molecular weight excluding hydrogens is 322 g/mol. The second-order valence-electron chi connectivity index (χ2n) is 5.34. The zero-order valence-corrected chi connectivity index (χ0v) is 12.9. The van der Waals surface area contributed by atoms with E-state index >= 15 is 0 Å². The molecule has 1 aliphatic heterocycles. The second kappa shape index (κ2) is 6.33. The molecule has 1 atom stereocenters. The summed E-state index contributed by atoms with van der Waals surface area (Å²) < 4.78 is 1.72. The first-order valence-electron chi connectivity index (χ1n) is 7.13. The maximum absolute atomic E-state index is 12.7. The number of hydrogen-bond acceptors (Lipinski definition) is 5. The van der Waals surface area contributed by atoms with E-state index in [0.29, 0.717) is 13.1 Å². The number of nitro groups is 1. The number of likely N-dealkylation sites (tertiary alicyclic amines) is 1. The van der Waals surface area contributed by atoms with Crippen LogP contribution in [0.5, 0.6) is 0 Å². The molecule has 1 aliphatic rings. The molecule has 8 nitrogen and oxygen atoms in total. The smallest absolute Gasteiger partial charge is 0.283 e. The number of piperidine rings is 1. The van der Waals surface area contributed by atoms with Crippen LogP contribution in [0.1, 0.15) is 29.2 Å². The van der Waals surface area contributed by atoms with Gasteiger partial charge in [-0.3, -0.25) is 14.9 Å². The third-order valence-corrected chi connectivity index (χ3v) is 4.12. The molecule has 1 saturated heterocycles. The van der Waals surface area contributed by atoms with Crippen molar-refractivity contribution in [2.24, 2.45) is 0 Å². The van der Waals surface area contributed by atoms with Gasteiger partial charge in [0.2, 0.25) is 0 Å². The van der Waals surface area contributed by atoms with Crippen LogP contribution in [0.2, 0.25) is 5.02 Å². The highest BCUT2D eigenvalue weighted by Crippen LogP contribution is 2.27. The maximum atomic E-state index is 12.7. The summed E-state index contributed by atoms with van der Waals surface area (Å²) in [5, 5.41) is 15.5. The molecule has 1 aromatic heterocycles. The average molecular weight is 336 g/mol. The highest BCUT2D eigenvalue weighted by Gasteiger charge is 2.29. The Morgan fingerprint density at radius 1 is 1.43 bits per heavy atom. The molecule has 120 valence electrons. The molecular formula is C14H14ClN5O3. The monoisotopic (exact) mass is 335 g/mol. The fraction of sp³-hybridized carbons (Fsp3) is 0.357. The molecule has 0 spiro atoms. The Morgan fingerprint density at radius 3 is 2.96 bits per heavy atom. The number of hydrogen-bond donors (Lipinski definition) is 0. The molecule has 2 aromatic rings. The van der Waals surface area contributed by atoms with Crippen LogP contribution in [-0.4, -0.2) is 43.6 Å². The largest absolute Gasteiger partial charge is 0.336 e. The van der Waals surface area contributed by atoms with E-state index in [4.69, 9.17) is 11.6 Å². The minimum atomic E-state index is -0.585. The topological polar surface area (TPSA) is 94.2 Å². The minimum absolute atomic E-state index is 0.0292. The van der Waals surface area contributed by atoms with Crippen LogP contribution >= 0.6 is 11.6 Å². The maximum Gasteiger partial charge on any atom is 0.283 e. The number of nitro benzene ring substituents is 1. The molecule has 1 unspecified atom stereocenters. The summed E-state index contributed by atoms with van der Waals surface area (Å²) in [6.07, 6.45) is 4.75. The predicted molar refractivity (Wildman–Crippen MR) is 82.3 cm³/mol. The lowest BCUT2D eigenvalue weighted by Crippen LogP contribution is -2.41. The van der Waals surface area contributed by atoms with Crippen LogP contribution in [0.3, 0.4) is 0 Å². The predicted octanol–water partition coefficient (Wildman–Crippen LogP) is 2.32. The van der Waals surface area contributed by atoms with Gasteiger partial charge in [0, 0.05) is 24.2 Å². The summed E-state index contributed by atoms with van der Waals surface area (Å²) in [7, 11) is 0. The van der Waals surface area contributed by atoms with Crippen molar-refractivity contribution in [2.75, 3.05) is 13.1 Å². The SMILES string of the molecule is O=C(c1ccc(Cl)cc1[N+](=O)[O-])N1CCCC(n2cncn2)C1. The third kappa shape index (κ3) is 3.16. The molecule has 3 rings (SSSR count). The van der Waals surface area contributed by atoms with Gasteiger partial charge in [-0.1, -0.05) is 11.6 Å². The number of nitrogens with zero attached hydrogens (tertiary/aromatic N) is 5. The number of halogens is 1. The summed E-state index contributed by atoms with van der Waals surface area (Å²) in [6, 6.07) is 4.12. The second-order valence-corrected chi connectivity index (χ2v) is 5.78. The molecule has 9 heteroatoms. The summed E-state index contributed by atoms with van der Waals surface area (Å²) >= 11 is 5.79. The van der Waals surface area contributed by atoms with Gasteiger partial charge >= 0.3 is 0 Å². The van der Waals surface area contributed by atoms with Gasteiger partial charge in [0.1, 0.15) is 18.2 Å². The molecule has 1 amide bonds. The molecule has 2 heterocycles. The fourth-order valence-corrected chi connectivity index (χ4v) is 2.93. The van der Waals surface area contributed by atoms with Crippen molar-refractivity contribution < 1.29 is 9.72 Å². The normalized spacial score (nSPS) is 18.0. The molecule has 23 heavy (non-hydrogen) atoms. The number of amides is 1. The highest BCUT2D eigenvalue weighted by molar-refractivity contribution is 6.31. The van der Waals surface area contributed by atoms with Gasteiger partial charge in [0.05, 0.1) is 11.0 Å². The zero-order valence-electron chi connectivity index (χ0n) is 12.1. The van der Waals surface area contributed by atoms with Crippen molar-refractivity contribution in [1.82, 2.24) is 19.7 Å². The van der Waals surface area contributed by atoms with E-state index in [-0.39, 0.29) is 28.2 Å². The van der Waals surface area contributed by atoms with E-state index < -0.39 is 4.92 Å². The van der Waals surface area contributed by atoms with E-state index in [1.807, 2.05) is 0 Å². The van der Waals surface area contributed by atoms with Crippen molar-refractivity contribution >= 4 is 23.2 Å². The van der Waals surface area contributed by atoms with Gasteiger partial charge in [-0.2, -0.15) is 5.10 Å². The van der Waals surface area contributed by atoms with Crippen LogP contribution < -0.4 is 0 Å². The van der Waals surface area contributed by atoms with E-state index in [2.05, 4.69) is 10.1 Å². The van der Waals surface area contributed by atoms with Crippen LogP contribution in [0.15, 0.2) is 30.9 Å². The molecule has 0 aliphatic carbocycles. The minimum Gasteiger partial charge on any atom is -0.336 e. The Labute approximate surface area is 136 Å². The first-order chi connectivity index (χ1) is 11.1. The van der Waals surface area contributed by atoms with Gasteiger partial charge in [0.25, 0.3) is 11.6 Å². The van der Waals surface area contributed by atoms with E-state index in [1.54, 1.807) is 15.9 Å². The third-order valence-electron chi connectivity index (χ3n) is 3.88. The summed E-state index contributed by atoms with van der Waals surface area (Å²) in [5.74, 6) is -0.363. The standard InChI is InChI=1S/C14H14ClN5O3/c15-10-3-4-12(13(6-10)20(22)23)14(21)18-5-1-2-11(7-18)19-9-16-8-17-19/h3-4,6,8-9,11H,1-2,5,7H2. The number of benzene rings is 1. The van der Waals surface area contributed by atoms with E-state index in [0.717, 1.165) is 12.8 Å². The van der Waals surface area contributed by atoms with Crippen molar-refractivity contribution in [3.05, 3.63) is 51.6 Å². The molecule has 0 bridgehead atoms. The van der Waals surface area contributed by atoms with Gasteiger partial charge in [-0.15, -0.1) is 0 Å². The number of carbonyl (C=O) groups excluding carboxylic acids is 1. The lowest BCUT2D eigenvalue weighted by molar-refractivity contribution is -0.385. The molecule has 1 aromatic carbocycles. The van der Waals surface area contributed by atoms with Gasteiger partial charge in [0.15, 0.2) is 0 Å². The summed E-state index contributed by atoms with van der Waals surface area (Å²) in [6.45, 7) is 1.01. The molecule has 0 radical (unpaired) electrons. The number of rotatable bonds is 3. The lowest BCUT2D eigenvalue weighted by atomic mass is 10.0. The van der Waals surface area contributed by atoms with Crippen LogP contribution in [0, 0.1) is 10.1 Å². The Kier molecular flexibility index (Phi) is 4.24. The summed E-state index contributed by atoms with van der Waals surface area (Å²) in [4.78, 5) is 28.8. The fourth-order valence-electron chi connectivity index (χ4n) is 2.77. The Hall–Kier alpha value is -2.48. The molecule has 0 N–H and O–H groups in total. The number of aromatic nitrogens is 3. The van der Waals surface area contributed by atoms with Crippen molar-refractivity contribution in [3.8, 4) is 0 Å². The zero-order chi connectivity index (χ0) is 16.4. The molecule has 0 saturated carbocycles. The first kappa shape index (κ1) is 15.4. The Bertz CT molecular complexity index is 734. The van der Waals surface area contributed by atoms with Gasteiger partial charge in [-0.25, -0.2) is 9.67 Å². The van der Waals surface area contributed by atoms with E-state index in [9.17, 15) is 14.9 Å². The first-order valence-corrected chi connectivity index (χ1v) is 7.51. The highest BCUT2D eigenvalue weighted by atomic mass is 35.5. The lowest BCUT2D eigenvalue weighted by Gasteiger charge is -2.32. The average Bonchev–Trinajstić information content (AvgIpc) is 3.09. The Balaban J connectivity index is 1.84. The van der Waals surface area contributed by atoms with Crippen molar-refractivity contribution in [2.45, 2.75) is 18.9 Å². The molecule has 1 fully saturated rings. The van der Waals surface area contributed by atoms with Gasteiger partial charge in [-0.05, 0) is 25.0 Å². The van der Waals surface area contributed by atoms with Crippen LogP contribution in [0.4, 0.5) is 5.69 Å². The summed E-state index contributed by atoms with van der Waals surface area (Å²) in [5.41, 5.74) is -0.219. The quantitative estimate of drug-likeness (QED) is 0.633. The van der Waals surface area contributed by atoms with Gasteiger partial charge < -0.3 is 4.90 Å². The Morgan fingerprint density at radius 2 is 2.26 bits per heavy atom. The van der Waals surface area contributed by atoms with Crippen LogP contribution in [0.25, 0.3) is 0 Å². The van der Waals surface area contributed by atoms with Crippen LogP contribution in [-0.2, 0) is 0 Å². The van der Waals surface area contributed by atoms with E-state index in [1.165, 1.54) is 24.5 Å². The van der Waals surface area contributed by atoms with Crippen molar-refractivity contribution in [1.29, 1.82) is 0 Å². The number of carbonyl (C=O) groups is 1. The van der Waals surface area contributed by atoms with Crippen molar-refractivity contribution in [3.63, 3.8) is 0 Å².